The molecule has 242 valence electrons. The molecule has 8 nitrogen and oxygen atoms in total. The van der Waals surface area contributed by atoms with Crippen LogP contribution in [0.2, 0.25) is 10.0 Å². The predicted octanol–water partition coefficient (Wildman–Crippen LogP) is 7.70. The summed E-state index contributed by atoms with van der Waals surface area (Å²) in [4.78, 5) is 29.2. The van der Waals surface area contributed by atoms with Crippen LogP contribution < -0.4 is 14.4 Å². The van der Waals surface area contributed by atoms with Gasteiger partial charge >= 0.3 is 0 Å². The number of sulfonamides is 1. The Balaban J connectivity index is 1.73. The number of nitrogens with one attached hydrogen (secondary N) is 1. The fraction of sp³-hybridized carbons (Fsp3) is 0.257. The van der Waals surface area contributed by atoms with E-state index in [1.807, 2.05) is 39.0 Å². The van der Waals surface area contributed by atoms with Crippen LogP contribution in [0.15, 0.2) is 108 Å². The predicted molar refractivity (Wildman–Crippen MR) is 183 cm³/mol. The molecule has 0 heterocycles. The lowest BCUT2D eigenvalue weighted by Crippen LogP contribution is -2.55. The summed E-state index contributed by atoms with van der Waals surface area (Å²) in [6, 6.07) is 27.6. The summed E-state index contributed by atoms with van der Waals surface area (Å²) >= 11 is 12.4. The first-order chi connectivity index (χ1) is 21.8. The van der Waals surface area contributed by atoms with Gasteiger partial charge in [-0.05, 0) is 93.4 Å². The summed E-state index contributed by atoms with van der Waals surface area (Å²) in [6.45, 7) is 6.77. The minimum absolute atomic E-state index is 0.00509. The second-order valence-corrected chi connectivity index (χ2v) is 14.3. The molecule has 1 N–H and O–H groups in total. The SMILES string of the molecule is CC[C@@H](C(=O)NC(C)(C)C)N(Cc1ccc(Cl)c(Cl)c1)C(=O)CN(c1ccc(Oc2ccccc2)cc1)S(=O)(=O)c1ccccc1. The monoisotopic (exact) mass is 681 g/mol. The van der Waals surface area contributed by atoms with Crippen molar-refractivity contribution in [1.29, 1.82) is 0 Å². The Morgan fingerprint density at radius 2 is 1.41 bits per heavy atom. The van der Waals surface area contributed by atoms with Crippen LogP contribution in [0.3, 0.4) is 0 Å². The Morgan fingerprint density at radius 3 is 1.98 bits per heavy atom. The van der Waals surface area contributed by atoms with Crippen molar-refractivity contribution in [3.05, 3.63) is 119 Å². The van der Waals surface area contributed by atoms with Gasteiger partial charge in [0.25, 0.3) is 10.0 Å². The van der Waals surface area contributed by atoms with Gasteiger partial charge in [-0.3, -0.25) is 13.9 Å². The van der Waals surface area contributed by atoms with Gasteiger partial charge in [0, 0.05) is 12.1 Å². The average molecular weight is 683 g/mol. The molecule has 4 aromatic rings. The number of amides is 2. The smallest absolute Gasteiger partial charge is 0.264 e. The zero-order valence-electron chi connectivity index (χ0n) is 26.1. The average Bonchev–Trinajstić information content (AvgIpc) is 3.02. The Hall–Kier alpha value is -4.05. The van der Waals surface area contributed by atoms with Gasteiger partial charge in [0.1, 0.15) is 24.1 Å². The molecule has 11 heteroatoms. The summed E-state index contributed by atoms with van der Waals surface area (Å²) in [5.74, 6) is 0.176. The standard InChI is InChI=1S/C35H37Cl2N3O5S/c1-5-32(34(42)38-35(2,3)4)39(23-25-16-21-30(36)31(37)22-25)33(41)24-40(46(43,44)29-14-10-7-11-15-29)26-17-19-28(20-18-26)45-27-12-8-6-9-13-27/h6-22,32H,5,23-24H2,1-4H3,(H,38,42)/t32-/m0/s1. The van der Waals surface area contributed by atoms with Gasteiger partial charge in [0.05, 0.1) is 20.6 Å². The van der Waals surface area contributed by atoms with Gasteiger partial charge in [-0.1, -0.05) is 72.6 Å². The molecular weight excluding hydrogens is 645 g/mol. The molecule has 0 aliphatic rings. The lowest BCUT2D eigenvalue weighted by Gasteiger charge is -2.34. The maximum absolute atomic E-state index is 14.3. The molecule has 0 spiro atoms. The van der Waals surface area contributed by atoms with E-state index in [-0.39, 0.29) is 29.5 Å². The maximum atomic E-state index is 14.3. The molecule has 0 radical (unpaired) electrons. The highest BCUT2D eigenvalue weighted by Gasteiger charge is 2.34. The molecule has 0 aliphatic heterocycles. The molecular formula is C35H37Cl2N3O5S. The van der Waals surface area contributed by atoms with E-state index in [4.69, 9.17) is 27.9 Å². The van der Waals surface area contributed by atoms with E-state index in [9.17, 15) is 18.0 Å². The number of hydrogen-bond acceptors (Lipinski definition) is 5. The number of rotatable bonds is 12. The Bertz CT molecular complexity index is 1750. The van der Waals surface area contributed by atoms with E-state index in [0.29, 0.717) is 27.1 Å². The van der Waals surface area contributed by atoms with Crippen molar-refractivity contribution in [2.45, 2.75) is 57.1 Å². The second-order valence-electron chi connectivity index (χ2n) is 11.7. The molecule has 0 saturated heterocycles. The van der Waals surface area contributed by atoms with Crippen molar-refractivity contribution in [2.75, 3.05) is 10.8 Å². The van der Waals surface area contributed by atoms with Crippen LogP contribution in [0.1, 0.15) is 39.7 Å². The first-order valence-corrected chi connectivity index (χ1v) is 16.9. The fourth-order valence-electron chi connectivity index (χ4n) is 4.76. The van der Waals surface area contributed by atoms with Crippen LogP contribution in [0.5, 0.6) is 11.5 Å². The van der Waals surface area contributed by atoms with E-state index in [0.717, 1.165) is 4.31 Å². The second kappa shape index (κ2) is 15.0. The summed E-state index contributed by atoms with van der Waals surface area (Å²) < 4.78 is 35.1. The van der Waals surface area contributed by atoms with Crippen molar-refractivity contribution in [1.82, 2.24) is 10.2 Å². The number of para-hydroxylation sites is 1. The molecule has 0 fully saturated rings. The highest BCUT2D eigenvalue weighted by molar-refractivity contribution is 7.92. The first-order valence-electron chi connectivity index (χ1n) is 14.7. The van der Waals surface area contributed by atoms with Gasteiger partial charge in [-0.2, -0.15) is 0 Å². The quantitative estimate of drug-likeness (QED) is 0.165. The number of carbonyl (C=O) groups excluding carboxylic acids is 2. The molecule has 0 unspecified atom stereocenters. The highest BCUT2D eigenvalue weighted by atomic mass is 35.5. The molecule has 0 saturated carbocycles. The summed E-state index contributed by atoms with van der Waals surface area (Å²) in [5, 5.41) is 3.60. The van der Waals surface area contributed by atoms with Crippen LogP contribution in [0.25, 0.3) is 0 Å². The van der Waals surface area contributed by atoms with Crippen LogP contribution in [-0.4, -0.2) is 43.3 Å². The lowest BCUT2D eigenvalue weighted by molar-refractivity contribution is -0.141. The summed E-state index contributed by atoms with van der Waals surface area (Å²) in [6.07, 6.45) is 0.284. The third-order valence-electron chi connectivity index (χ3n) is 6.93. The highest BCUT2D eigenvalue weighted by Crippen LogP contribution is 2.29. The molecule has 4 rings (SSSR count). The number of nitrogens with zero attached hydrogens (tertiary/aromatic N) is 2. The van der Waals surface area contributed by atoms with Crippen molar-refractivity contribution in [2.24, 2.45) is 0 Å². The number of carbonyl (C=O) groups is 2. The largest absolute Gasteiger partial charge is 0.457 e. The van der Waals surface area contributed by atoms with E-state index in [1.54, 1.807) is 79.7 Å². The number of anilines is 1. The molecule has 0 aromatic heterocycles. The fourth-order valence-corrected chi connectivity index (χ4v) is 6.52. The molecule has 1 atom stereocenters. The van der Waals surface area contributed by atoms with Gasteiger partial charge < -0.3 is 15.0 Å². The van der Waals surface area contributed by atoms with Gasteiger partial charge in [-0.15, -0.1) is 0 Å². The molecule has 4 aromatic carbocycles. The van der Waals surface area contributed by atoms with Crippen molar-refractivity contribution < 1.29 is 22.7 Å². The number of benzene rings is 4. The molecule has 2 amide bonds. The third-order valence-corrected chi connectivity index (χ3v) is 9.46. The van der Waals surface area contributed by atoms with Crippen LogP contribution in [-0.2, 0) is 26.2 Å². The van der Waals surface area contributed by atoms with Crippen LogP contribution >= 0.6 is 23.2 Å². The van der Waals surface area contributed by atoms with E-state index >= 15 is 0 Å². The van der Waals surface area contributed by atoms with E-state index in [1.165, 1.54) is 17.0 Å². The maximum Gasteiger partial charge on any atom is 0.264 e. The third kappa shape index (κ3) is 9.02. The number of halogens is 2. The zero-order chi connectivity index (χ0) is 33.5. The van der Waals surface area contributed by atoms with Gasteiger partial charge in [0.15, 0.2) is 0 Å². The normalized spacial score (nSPS) is 12.2. The first kappa shape index (κ1) is 34.8. The summed E-state index contributed by atoms with van der Waals surface area (Å²) in [5.41, 5.74) is 0.318. The van der Waals surface area contributed by atoms with Crippen molar-refractivity contribution >= 4 is 50.7 Å². The van der Waals surface area contributed by atoms with Crippen LogP contribution in [0, 0.1) is 0 Å². The Kier molecular flexibility index (Phi) is 11.4. The van der Waals surface area contributed by atoms with Gasteiger partial charge in [-0.25, -0.2) is 8.42 Å². The number of hydrogen-bond donors (Lipinski definition) is 1. The van der Waals surface area contributed by atoms with Gasteiger partial charge in [0.2, 0.25) is 11.8 Å². The summed E-state index contributed by atoms with van der Waals surface area (Å²) in [7, 11) is -4.22. The minimum atomic E-state index is -4.22. The molecule has 0 aliphatic carbocycles. The van der Waals surface area contributed by atoms with Crippen LogP contribution in [0.4, 0.5) is 5.69 Å². The topological polar surface area (TPSA) is 96.0 Å². The molecule has 0 bridgehead atoms. The molecule has 46 heavy (non-hydrogen) atoms. The van der Waals surface area contributed by atoms with Crippen molar-refractivity contribution in [3.63, 3.8) is 0 Å². The number of ether oxygens (including phenoxy) is 1. The Labute approximate surface area is 280 Å². The zero-order valence-corrected chi connectivity index (χ0v) is 28.4. The lowest BCUT2D eigenvalue weighted by atomic mass is 10.1. The van der Waals surface area contributed by atoms with E-state index in [2.05, 4.69) is 5.32 Å². The van der Waals surface area contributed by atoms with E-state index < -0.39 is 34.1 Å². The van der Waals surface area contributed by atoms with Crippen molar-refractivity contribution in [3.8, 4) is 11.5 Å². The Morgan fingerprint density at radius 1 is 0.826 bits per heavy atom. The minimum Gasteiger partial charge on any atom is -0.457 e.